The average Bonchev–Trinajstić information content (AvgIpc) is 3.62. The Balaban J connectivity index is 1.26. The summed E-state index contributed by atoms with van der Waals surface area (Å²) in [5.41, 5.74) is 12.4. The van der Waals surface area contributed by atoms with Crippen LogP contribution < -0.4 is 4.90 Å². The molecule has 2 heterocycles. The number of hydrogen-bond acceptors (Lipinski definition) is 2. The van der Waals surface area contributed by atoms with E-state index in [-0.39, 0.29) is 11.8 Å². The number of carbonyl (C=O) groups excluding carboxylic acids is 2. The average molecular weight is 645 g/mol. The molecule has 0 N–H and O–H groups in total. The fourth-order valence-corrected chi connectivity index (χ4v) is 7.60. The molecule has 0 fully saturated rings. The number of imide groups is 1. The highest BCUT2D eigenvalue weighted by Crippen LogP contribution is 2.42. The summed E-state index contributed by atoms with van der Waals surface area (Å²) >= 11 is 0. The normalized spacial score (nSPS) is 12.6. The van der Waals surface area contributed by atoms with Crippen LogP contribution in [0.15, 0.2) is 158 Å². The maximum Gasteiger partial charge on any atom is 0.268 e. The first-order valence-electron chi connectivity index (χ1n) is 16.9. The molecule has 0 bridgehead atoms. The van der Waals surface area contributed by atoms with Crippen LogP contribution >= 0.6 is 0 Å². The molecule has 9 rings (SSSR count). The predicted octanol–water partition coefficient (Wildman–Crippen LogP) is 11.2. The lowest BCUT2D eigenvalue weighted by Gasteiger charge is -2.20. The van der Waals surface area contributed by atoms with Crippen LogP contribution in [0.2, 0.25) is 0 Å². The van der Waals surface area contributed by atoms with E-state index in [1.54, 1.807) is 6.07 Å². The molecule has 238 valence electrons. The number of anilines is 1. The van der Waals surface area contributed by atoms with E-state index in [4.69, 9.17) is 0 Å². The van der Waals surface area contributed by atoms with Crippen LogP contribution in [-0.4, -0.2) is 16.4 Å². The van der Waals surface area contributed by atoms with Crippen molar-refractivity contribution in [1.29, 1.82) is 0 Å². The summed E-state index contributed by atoms with van der Waals surface area (Å²) in [4.78, 5) is 30.7. The van der Waals surface area contributed by atoms with Crippen LogP contribution in [0.4, 0.5) is 5.69 Å². The maximum atomic E-state index is 14.9. The summed E-state index contributed by atoms with van der Waals surface area (Å²) in [5, 5.41) is 2.17. The second kappa shape index (κ2) is 11.6. The van der Waals surface area contributed by atoms with Crippen molar-refractivity contribution < 1.29 is 9.59 Å². The molecule has 0 aliphatic carbocycles. The molecule has 7 aromatic carbocycles. The summed E-state index contributed by atoms with van der Waals surface area (Å²) in [5.74, 6) is -0.662. The largest absolute Gasteiger partial charge is 0.308 e. The van der Waals surface area contributed by atoms with Crippen molar-refractivity contribution in [3.63, 3.8) is 0 Å². The summed E-state index contributed by atoms with van der Waals surface area (Å²) in [6.07, 6.45) is 0. The highest BCUT2D eigenvalue weighted by atomic mass is 16.2. The van der Waals surface area contributed by atoms with E-state index in [9.17, 15) is 9.59 Å². The van der Waals surface area contributed by atoms with Crippen LogP contribution in [0.1, 0.15) is 31.8 Å². The number of hydrogen-bond donors (Lipinski definition) is 0. The third-order valence-electron chi connectivity index (χ3n) is 9.93. The van der Waals surface area contributed by atoms with Gasteiger partial charge in [-0.3, -0.25) is 9.59 Å². The van der Waals surface area contributed by atoms with Crippen LogP contribution in [-0.2, 0) is 0 Å². The van der Waals surface area contributed by atoms with Crippen molar-refractivity contribution in [3.8, 4) is 39.1 Å². The number of benzene rings is 7. The molecular weight excluding hydrogens is 613 g/mol. The SMILES string of the molecule is Cc1ccc(-c2ccc3c4ccccc4n(-c4cccc5c4C(=O)N(c4cc(-c6ccccc6)ccc4-c4ccccc4)C5=O)c3c2)c(C)c1. The van der Waals surface area contributed by atoms with Crippen molar-refractivity contribution >= 4 is 39.3 Å². The van der Waals surface area contributed by atoms with Gasteiger partial charge in [0.2, 0.25) is 0 Å². The standard InChI is InChI=1S/C46H32N2O2/c1-29-20-23-35(30(2)26-29)34-22-25-38-37-16-9-10-18-40(37)47(43(38)28-34)41-19-11-17-39-44(41)46(50)48(45(39)49)42-27-33(31-12-5-3-6-13-31)21-24-36(42)32-14-7-4-8-15-32/h3-28H,1-2H3. The van der Waals surface area contributed by atoms with Gasteiger partial charge in [0.25, 0.3) is 11.8 Å². The van der Waals surface area contributed by atoms with E-state index in [1.807, 2.05) is 97.1 Å². The zero-order chi connectivity index (χ0) is 33.9. The Kier molecular flexibility index (Phi) is 6.85. The molecule has 0 saturated heterocycles. The number of aromatic nitrogens is 1. The number of fused-ring (bicyclic) bond motifs is 4. The Morgan fingerprint density at radius 1 is 0.420 bits per heavy atom. The van der Waals surface area contributed by atoms with Gasteiger partial charge in [0, 0.05) is 16.3 Å². The van der Waals surface area contributed by atoms with Gasteiger partial charge in [0.15, 0.2) is 0 Å². The minimum absolute atomic E-state index is 0.328. The molecule has 4 nitrogen and oxygen atoms in total. The lowest BCUT2D eigenvalue weighted by Crippen LogP contribution is -2.30. The third kappa shape index (κ3) is 4.61. The maximum absolute atomic E-state index is 14.9. The van der Waals surface area contributed by atoms with Gasteiger partial charge in [-0.25, -0.2) is 4.90 Å². The highest BCUT2D eigenvalue weighted by Gasteiger charge is 2.40. The molecule has 0 unspecified atom stereocenters. The quantitative estimate of drug-likeness (QED) is 0.175. The van der Waals surface area contributed by atoms with Crippen molar-refractivity contribution in [3.05, 3.63) is 180 Å². The number of para-hydroxylation sites is 1. The highest BCUT2D eigenvalue weighted by molar-refractivity contribution is 6.36. The third-order valence-corrected chi connectivity index (χ3v) is 9.93. The molecule has 8 aromatic rings. The van der Waals surface area contributed by atoms with Gasteiger partial charge in [-0.1, -0.05) is 133 Å². The van der Waals surface area contributed by atoms with E-state index in [0.29, 0.717) is 22.5 Å². The summed E-state index contributed by atoms with van der Waals surface area (Å²) < 4.78 is 2.16. The Bertz CT molecular complexity index is 2650. The second-order valence-electron chi connectivity index (χ2n) is 13.0. The zero-order valence-corrected chi connectivity index (χ0v) is 27.7. The van der Waals surface area contributed by atoms with Crippen LogP contribution in [0.25, 0.3) is 60.9 Å². The first-order valence-corrected chi connectivity index (χ1v) is 16.9. The lowest BCUT2D eigenvalue weighted by molar-refractivity contribution is 0.0926. The van der Waals surface area contributed by atoms with E-state index in [1.165, 1.54) is 16.0 Å². The monoisotopic (exact) mass is 644 g/mol. The minimum Gasteiger partial charge on any atom is -0.308 e. The molecular formula is C46H32N2O2. The Morgan fingerprint density at radius 2 is 1.10 bits per heavy atom. The fourth-order valence-electron chi connectivity index (χ4n) is 7.60. The van der Waals surface area contributed by atoms with E-state index >= 15 is 0 Å². The first kappa shape index (κ1) is 29.6. The molecule has 4 heteroatoms. The lowest BCUT2D eigenvalue weighted by atomic mass is 9.97. The molecule has 0 radical (unpaired) electrons. The van der Waals surface area contributed by atoms with E-state index < -0.39 is 0 Å². The molecule has 0 spiro atoms. The van der Waals surface area contributed by atoms with Gasteiger partial charge in [-0.2, -0.15) is 0 Å². The fraction of sp³-hybridized carbons (Fsp3) is 0.0435. The van der Waals surface area contributed by atoms with Crippen molar-refractivity contribution in [1.82, 2.24) is 4.57 Å². The molecule has 1 aliphatic heterocycles. The van der Waals surface area contributed by atoms with Crippen molar-refractivity contribution in [2.24, 2.45) is 0 Å². The van der Waals surface area contributed by atoms with Gasteiger partial charge in [-0.05, 0) is 77.6 Å². The Morgan fingerprint density at radius 3 is 1.88 bits per heavy atom. The van der Waals surface area contributed by atoms with E-state index in [0.717, 1.165) is 55.2 Å². The molecule has 50 heavy (non-hydrogen) atoms. The molecule has 2 amide bonds. The summed E-state index contributed by atoms with van der Waals surface area (Å²) in [6, 6.07) is 53.0. The molecule has 1 aliphatic rings. The Labute approximate surface area is 290 Å². The zero-order valence-electron chi connectivity index (χ0n) is 27.7. The number of aryl methyl sites for hydroxylation is 2. The van der Waals surface area contributed by atoms with Crippen LogP contribution in [0, 0.1) is 13.8 Å². The number of rotatable bonds is 5. The predicted molar refractivity (Wildman–Crippen MR) is 204 cm³/mol. The van der Waals surface area contributed by atoms with Gasteiger partial charge in [0.1, 0.15) is 0 Å². The van der Waals surface area contributed by atoms with Gasteiger partial charge in [0.05, 0.1) is 33.5 Å². The first-order chi connectivity index (χ1) is 24.5. The summed E-state index contributed by atoms with van der Waals surface area (Å²) in [7, 11) is 0. The molecule has 0 atom stereocenters. The van der Waals surface area contributed by atoms with Gasteiger partial charge >= 0.3 is 0 Å². The number of nitrogens with zero attached hydrogens (tertiary/aromatic N) is 2. The van der Waals surface area contributed by atoms with E-state index in [2.05, 4.69) is 73.0 Å². The summed E-state index contributed by atoms with van der Waals surface area (Å²) in [6.45, 7) is 4.25. The van der Waals surface area contributed by atoms with Crippen molar-refractivity contribution in [2.45, 2.75) is 13.8 Å². The molecule has 1 aromatic heterocycles. The van der Waals surface area contributed by atoms with Crippen molar-refractivity contribution in [2.75, 3.05) is 4.90 Å². The topological polar surface area (TPSA) is 42.3 Å². The second-order valence-corrected chi connectivity index (χ2v) is 13.0. The van der Waals surface area contributed by atoms with Crippen LogP contribution in [0.3, 0.4) is 0 Å². The minimum atomic E-state index is -0.334. The molecule has 0 saturated carbocycles. The Hall–Kier alpha value is -6.52. The number of amides is 2. The van der Waals surface area contributed by atoms with Gasteiger partial charge in [-0.15, -0.1) is 0 Å². The van der Waals surface area contributed by atoms with Gasteiger partial charge < -0.3 is 4.57 Å². The number of carbonyl (C=O) groups is 2. The smallest absolute Gasteiger partial charge is 0.268 e. The van der Waals surface area contributed by atoms with Crippen LogP contribution in [0.5, 0.6) is 0 Å².